The summed E-state index contributed by atoms with van der Waals surface area (Å²) in [4.78, 5) is 20.0. The van der Waals surface area contributed by atoms with Gasteiger partial charge in [-0.1, -0.05) is 11.6 Å². The van der Waals surface area contributed by atoms with Crippen LogP contribution in [0.3, 0.4) is 0 Å². The number of hydrogen-bond acceptors (Lipinski definition) is 4. The Balaban J connectivity index is 2.11. The van der Waals surface area contributed by atoms with Gasteiger partial charge >= 0.3 is 6.09 Å². The van der Waals surface area contributed by atoms with Crippen molar-refractivity contribution < 1.29 is 9.53 Å². The molecule has 0 spiro atoms. The predicted octanol–water partition coefficient (Wildman–Crippen LogP) is 2.65. The summed E-state index contributed by atoms with van der Waals surface area (Å²) >= 11 is 5.86. The number of rotatable bonds is 2. The molecule has 0 bridgehead atoms. The molecule has 6 nitrogen and oxygen atoms in total. The van der Waals surface area contributed by atoms with E-state index in [9.17, 15) is 4.79 Å². The average molecular weight is 297 g/mol. The van der Waals surface area contributed by atoms with E-state index in [2.05, 4.69) is 15.3 Å². The summed E-state index contributed by atoms with van der Waals surface area (Å²) in [5, 5.41) is 3.08. The highest BCUT2D eigenvalue weighted by Gasteiger charge is 2.16. The fraction of sp³-hybridized carbons (Fsp3) is 0.462. The predicted molar refractivity (Wildman–Crippen MR) is 76.6 cm³/mol. The van der Waals surface area contributed by atoms with Gasteiger partial charge in [0.25, 0.3) is 0 Å². The Labute approximate surface area is 122 Å². The lowest BCUT2D eigenvalue weighted by molar-refractivity contribution is 0.0522. The van der Waals surface area contributed by atoms with Crippen LogP contribution in [-0.2, 0) is 18.3 Å². The molecule has 20 heavy (non-hydrogen) atoms. The first-order valence-corrected chi connectivity index (χ1v) is 6.58. The fourth-order valence-corrected chi connectivity index (χ4v) is 1.90. The van der Waals surface area contributed by atoms with E-state index in [1.807, 2.05) is 32.4 Å². The van der Waals surface area contributed by atoms with Crippen molar-refractivity contribution in [3.8, 4) is 0 Å². The second-order valence-corrected chi connectivity index (χ2v) is 5.83. The first-order valence-electron chi connectivity index (χ1n) is 6.20. The van der Waals surface area contributed by atoms with E-state index in [0.717, 1.165) is 11.0 Å². The van der Waals surface area contributed by atoms with Crippen LogP contribution in [0.1, 0.15) is 26.6 Å². The van der Waals surface area contributed by atoms with Crippen LogP contribution in [0.15, 0.2) is 12.3 Å². The molecule has 0 atom stereocenters. The van der Waals surface area contributed by atoms with Crippen molar-refractivity contribution in [2.45, 2.75) is 32.9 Å². The topological polar surface area (TPSA) is 69.0 Å². The van der Waals surface area contributed by atoms with Gasteiger partial charge in [-0.3, -0.25) is 0 Å². The zero-order valence-corrected chi connectivity index (χ0v) is 12.7. The van der Waals surface area contributed by atoms with Gasteiger partial charge in [0.05, 0.1) is 18.3 Å². The zero-order valence-electron chi connectivity index (χ0n) is 11.9. The van der Waals surface area contributed by atoms with Gasteiger partial charge in [0.15, 0.2) is 0 Å². The number of aryl methyl sites for hydroxylation is 1. The molecule has 0 saturated heterocycles. The highest BCUT2D eigenvalue weighted by molar-refractivity contribution is 6.29. The van der Waals surface area contributed by atoms with Crippen molar-refractivity contribution in [1.29, 1.82) is 0 Å². The van der Waals surface area contributed by atoms with Crippen molar-refractivity contribution in [2.24, 2.45) is 7.05 Å². The lowest BCUT2D eigenvalue weighted by atomic mass is 10.2. The Morgan fingerprint density at radius 1 is 1.50 bits per heavy atom. The molecule has 0 aromatic carbocycles. The smallest absolute Gasteiger partial charge is 0.408 e. The minimum Gasteiger partial charge on any atom is -0.444 e. The van der Waals surface area contributed by atoms with Crippen LogP contribution in [0.5, 0.6) is 0 Å². The van der Waals surface area contributed by atoms with Crippen LogP contribution < -0.4 is 5.32 Å². The van der Waals surface area contributed by atoms with E-state index in [0.29, 0.717) is 11.0 Å². The summed E-state index contributed by atoms with van der Waals surface area (Å²) in [5.41, 5.74) is 1.08. The zero-order chi connectivity index (χ0) is 14.9. The summed E-state index contributed by atoms with van der Waals surface area (Å²) in [6, 6.07) is 1.74. The number of nitrogens with zero attached hydrogens (tertiary/aromatic N) is 3. The van der Waals surface area contributed by atoms with Gasteiger partial charge in [0, 0.05) is 13.1 Å². The van der Waals surface area contributed by atoms with Crippen molar-refractivity contribution >= 4 is 28.7 Å². The number of amides is 1. The highest BCUT2D eigenvalue weighted by atomic mass is 35.5. The third-order valence-electron chi connectivity index (χ3n) is 2.62. The van der Waals surface area contributed by atoms with Gasteiger partial charge in [0.1, 0.15) is 22.1 Å². The summed E-state index contributed by atoms with van der Waals surface area (Å²) in [5.74, 6) is 0.704. The molecule has 2 heterocycles. The van der Waals surface area contributed by atoms with Crippen LogP contribution in [0.4, 0.5) is 4.79 Å². The van der Waals surface area contributed by atoms with Gasteiger partial charge in [-0.25, -0.2) is 14.8 Å². The summed E-state index contributed by atoms with van der Waals surface area (Å²) in [6.07, 6.45) is 1.13. The van der Waals surface area contributed by atoms with E-state index < -0.39 is 11.7 Å². The number of carbonyl (C=O) groups excluding carboxylic acids is 1. The summed E-state index contributed by atoms with van der Waals surface area (Å²) in [6.45, 7) is 5.72. The van der Waals surface area contributed by atoms with E-state index >= 15 is 0 Å². The Bertz CT molecular complexity index is 646. The van der Waals surface area contributed by atoms with E-state index in [1.54, 1.807) is 12.3 Å². The van der Waals surface area contributed by atoms with Crippen LogP contribution in [-0.4, -0.2) is 26.2 Å². The Morgan fingerprint density at radius 3 is 2.85 bits per heavy atom. The molecular weight excluding hydrogens is 280 g/mol. The normalized spacial score (nSPS) is 11.7. The number of carbonyl (C=O) groups is 1. The average Bonchev–Trinajstić information content (AvgIpc) is 2.62. The molecule has 108 valence electrons. The maximum atomic E-state index is 11.6. The fourth-order valence-electron chi connectivity index (χ4n) is 1.74. The SMILES string of the molecule is Cn1c(CNC(=O)OC(C)(C)C)nc2cnc(Cl)cc21. The number of ether oxygens (including phenoxy) is 1. The second-order valence-electron chi connectivity index (χ2n) is 5.44. The number of aromatic nitrogens is 3. The molecule has 0 saturated carbocycles. The summed E-state index contributed by atoms with van der Waals surface area (Å²) < 4.78 is 7.03. The molecule has 2 rings (SSSR count). The van der Waals surface area contributed by atoms with Gasteiger partial charge in [-0.15, -0.1) is 0 Å². The van der Waals surface area contributed by atoms with Gasteiger partial charge < -0.3 is 14.6 Å². The minimum absolute atomic E-state index is 0.276. The van der Waals surface area contributed by atoms with Crippen molar-refractivity contribution in [3.63, 3.8) is 0 Å². The van der Waals surface area contributed by atoms with Gasteiger partial charge in [-0.2, -0.15) is 0 Å². The molecule has 1 amide bonds. The first-order chi connectivity index (χ1) is 9.26. The second kappa shape index (κ2) is 5.28. The maximum Gasteiger partial charge on any atom is 0.408 e. The minimum atomic E-state index is -0.520. The molecule has 1 N–H and O–H groups in total. The van der Waals surface area contributed by atoms with Gasteiger partial charge in [0.2, 0.25) is 0 Å². The van der Waals surface area contributed by atoms with Crippen LogP contribution >= 0.6 is 11.6 Å². The monoisotopic (exact) mass is 296 g/mol. The number of nitrogens with one attached hydrogen (secondary N) is 1. The quantitative estimate of drug-likeness (QED) is 0.865. The lowest BCUT2D eigenvalue weighted by Crippen LogP contribution is -2.32. The number of imidazole rings is 1. The summed E-state index contributed by atoms with van der Waals surface area (Å²) in [7, 11) is 1.86. The molecule has 0 fully saturated rings. The number of fused-ring (bicyclic) bond motifs is 1. The van der Waals surface area contributed by atoms with Crippen molar-refractivity contribution in [2.75, 3.05) is 0 Å². The molecule has 0 radical (unpaired) electrons. The standard InChI is InChI=1S/C13H17ClN4O2/c1-13(2,3)20-12(19)16-7-11-17-8-6-15-10(14)5-9(8)18(11)4/h5-6H,7H2,1-4H3,(H,16,19). The van der Waals surface area contributed by atoms with Crippen LogP contribution in [0.25, 0.3) is 11.0 Å². The lowest BCUT2D eigenvalue weighted by Gasteiger charge is -2.19. The van der Waals surface area contributed by atoms with Crippen molar-refractivity contribution in [3.05, 3.63) is 23.2 Å². The van der Waals surface area contributed by atoms with Crippen LogP contribution in [0, 0.1) is 0 Å². The molecule has 2 aromatic rings. The largest absolute Gasteiger partial charge is 0.444 e. The van der Waals surface area contributed by atoms with Crippen molar-refractivity contribution in [1.82, 2.24) is 19.9 Å². The molecule has 0 aliphatic rings. The number of pyridine rings is 1. The van der Waals surface area contributed by atoms with E-state index in [1.165, 1.54) is 0 Å². The maximum absolute atomic E-state index is 11.6. The Hall–Kier alpha value is -1.82. The van der Waals surface area contributed by atoms with Crippen LogP contribution in [0.2, 0.25) is 5.15 Å². The Kier molecular flexibility index (Phi) is 3.85. The number of hydrogen-bond donors (Lipinski definition) is 1. The molecule has 2 aromatic heterocycles. The molecule has 0 aliphatic carbocycles. The first kappa shape index (κ1) is 14.6. The third kappa shape index (κ3) is 3.39. The molecule has 7 heteroatoms. The molecule has 0 aliphatic heterocycles. The molecular formula is C13H17ClN4O2. The molecule has 0 unspecified atom stereocenters. The Morgan fingerprint density at radius 2 is 2.20 bits per heavy atom. The number of alkyl carbamates (subject to hydrolysis) is 1. The highest BCUT2D eigenvalue weighted by Crippen LogP contribution is 2.17. The van der Waals surface area contributed by atoms with E-state index in [-0.39, 0.29) is 6.54 Å². The third-order valence-corrected chi connectivity index (χ3v) is 2.82. The van der Waals surface area contributed by atoms with E-state index in [4.69, 9.17) is 16.3 Å². The van der Waals surface area contributed by atoms with Gasteiger partial charge in [-0.05, 0) is 20.8 Å². The number of halogens is 1.